The van der Waals surface area contributed by atoms with Crippen LogP contribution in [0.2, 0.25) is 0 Å². The number of benzene rings is 2. The molecule has 0 radical (unpaired) electrons. The Hall–Kier alpha value is -3.26. The highest BCUT2D eigenvalue weighted by Crippen LogP contribution is 2.31. The minimum atomic E-state index is 0.554. The largest absolute Gasteiger partial charge is 0.495 e. The van der Waals surface area contributed by atoms with Gasteiger partial charge < -0.3 is 28.5 Å². The highest BCUT2D eigenvalue weighted by Gasteiger charge is 2.24. The molecular weight excluding hydrogens is 384 g/mol. The molecule has 0 atom stereocenters. The Balaban J connectivity index is 1.38. The number of nitrogens with zero attached hydrogens (tertiary/aromatic N) is 3. The maximum Gasteiger partial charge on any atom is 0.282 e. The van der Waals surface area contributed by atoms with Crippen LogP contribution in [0.3, 0.4) is 0 Å². The molecule has 1 N–H and O–H groups in total. The molecule has 158 valence electrons. The number of anilines is 1. The van der Waals surface area contributed by atoms with Crippen molar-refractivity contribution < 1.29 is 23.6 Å². The fourth-order valence-electron chi connectivity index (χ4n) is 3.76. The van der Waals surface area contributed by atoms with Crippen LogP contribution in [0.5, 0.6) is 17.2 Å². The summed E-state index contributed by atoms with van der Waals surface area (Å²) in [5.74, 6) is 3.41. The summed E-state index contributed by atoms with van der Waals surface area (Å²) >= 11 is 0. The maximum atomic E-state index is 5.51. The smallest absolute Gasteiger partial charge is 0.282 e. The minimum Gasteiger partial charge on any atom is -0.495 e. The molecule has 4 rings (SSSR count). The number of para-hydroxylation sites is 2. The zero-order chi connectivity index (χ0) is 20.9. The first-order chi connectivity index (χ1) is 14.7. The van der Waals surface area contributed by atoms with E-state index in [1.165, 1.54) is 4.90 Å². The maximum absolute atomic E-state index is 5.51. The van der Waals surface area contributed by atoms with Crippen LogP contribution in [0.4, 0.5) is 5.69 Å². The summed E-state index contributed by atoms with van der Waals surface area (Å²) in [7, 11) is 4.93. The number of hydrogen-bond acceptors (Lipinski definition) is 7. The molecule has 8 heteroatoms. The lowest BCUT2D eigenvalue weighted by molar-refractivity contribution is -0.915. The van der Waals surface area contributed by atoms with E-state index in [1.807, 2.05) is 36.4 Å². The Morgan fingerprint density at radius 3 is 2.40 bits per heavy atom. The number of methoxy groups -OCH3 is 3. The number of quaternary nitrogens is 1. The van der Waals surface area contributed by atoms with Crippen molar-refractivity contribution >= 4 is 5.69 Å². The summed E-state index contributed by atoms with van der Waals surface area (Å²) in [6, 6.07) is 13.7. The third kappa shape index (κ3) is 4.18. The number of nitrogens with one attached hydrogen (secondary N) is 1. The van der Waals surface area contributed by atoms with Gasteiger partial charge in [0.15, 0.2) is 18.0 Å². The molecule has 0 aliphatic carbocycles. The van der Waals surface area contributed by atoms with E-state index in [0.29, 0.717) is 29.8 Å². The summed E-state index contributed by atoms with van der Waals surface area (Å²) in [6.45, 7) is 4.59. The Labute approximate surface area is 176 Å². The first-order valence-corrected chi connectivity index (χ1v) is 9.98. The van der Waals surface area contributed by atoms with Gasteiger partial charge in [0.25, 0.3) is 5.89 Å². The van der Waals surface area contributed by atoms with Crippen LogP contribution in [-0.4, -0.2) is 57.6 Å². The van der Waals surface area contributed by atoms with E-state index in [9.17, 15) is 0 Å². The van der Waals surface area contributed by atoms with Gasteiger partial charge in [-0.05, 0) is 30.3 Å². The number of rotatable bonds is 7. The Kier molecular flexibility index (Phi) is 6.04. The highest BCUT2D eigenvalue weighted by molar-refractivity contribution is 5.60. The van der Waals surface area contributed by atoms with Crippen molar-refractivity contribution in [1.82, 2.24) is 10.1 Å². The zero-order valence-electron chi connectivity index (χ0n) is 17.6. The highest BCUT2D eigenvalue weighted by atomic mass is 16.5. The minimum absolute atomic E-state index is 0.554. The molecule has 1 saturated heterocycles. The lowest BCUT2D eigenvalue weighted by Gasteiger charge is -2.33. The van der Waals surface area contributed by atoms with Crippen LogP contribution >= 0.6 is 0 Å². The molecule has 0 unspecified atom stereocenters. The lowest BCUT2D eigenvalue weighted by Crippen LogP contribution is -3.13. The lowest BCUT2D eigenvalue weighted by atomic mass is 10.2. The zero-order valence-corrected chi connectivity index (χ0v) is 17.6. The molecule has 0 spiro atoms. The standard InChI is InChI=1S/C22H26N4O4/c1-27-18-7-5-4-6-17(18)26-12-10-25(11-13-26)15-21-23-22(24-30-21)16-8-9-19(28-2)20(14-16)29-3/h4-9,14H,10-13,15H2,1-3H3/p+1. The molecule has 1 fully saturated rings. The van der Waals surface area contributed by atoms with E-state index >= 15 is 0 Å². The van der Waals surface area contributed by atoms with Gasteiger partial charge in [0.05, 0.1) is 53.2 Å². The summed E-state index contributed by atoms with van der Waals surface area (Å²) in [6.07, 6.45) is 0. The monoisotopic (exact) mass is 411 g/mol. The molecule has 8 nitrogen and oxygen atoms in total. The van der Waals surface area contributed by atoms with Crippen LogP contribution in [0.1, 0.15) is 5.89 Å². The predicted molar refractivity (Wildman–Crippen MR) is 112 cm³/mol. The van der Waals surface area contributed by atoms with Crippen molar-refractivity contribution in [2.24, 2.45) is 0 Å². The molecule has 3 aromatic rings. The van der Waals surface area contributed by atoms with Crippen molar-refractivity contribution in [3.8, 4) is 28.6 Å². The molecule has 1 aliphatic heterocycles. The van der Waals surface area contributed by atoms with Gasteiger partial charge in [-0.3, -0.25) is 0 Å². The van der Waals surface area contributed by atoms with Gasteiger partial charge in [-0.2, -0.15) is 4.98 Å². The second-order valence-corrected chi connectivity index (χ2v) is 7.17. The molecule has 0 bridgehead atoms. The molecule has 30 heavy (non-hydrogen) atoms. The predicted octanol–water partition coefficient (Wildman–Crippen LogP) is 1.67. The normalized spacial score (nSPS) is 14.6. The van der Waals surface area contributed by atoms with E-state index in [0.717, 1.165) is 43.2 Å². The molecule has 0 saturated carbocycles. The van der Waals surface area contributed by atoms with Crippen molar-refractivity contribution in [2.45, 2.75) is 6.54 Å². The van der Waals surface area contributed by atoms with Gasteiger partial charge in [-0.15, -0.1) is 0 Å². The van der Waals surface area contributed by atoms with Crippen LogP contribution in [0.15, 0.2) is 47.0 Å². The number of ether oxygens (including phenoxy) is 3. The van der Waals surface area contributed by atoms with Crippen LogP contribution < -0.4 is 24.0 Å². The van der Waals surface area contributed by atoms with E-state index in [4.69, 9.17) is 18.7 Å². The van der Waals surface area contributed by atoms with Crippen molar-refractivity contribution in [3.63, 3.8) is 0 Å². The quantitative estimate of drug-likeness (QED) is 0.634. The first kappa shape index (κ1) is 20.0. The third-order valence-electron chi connectivity index (χ3n) is 5.41. The number of hydrogen-bond donors (Lipinski definition) is 1. The van der Waals surface area contributed by atoms with Gasteiger partial charge in [-0.25, -0.2) is 0 Å². The first-order valence-electron chi connectivity index (χ1n) is 9.98. The fourth-order valence-corrected chi connectivity index (χ4v) is 3.76. The van der Waals surface area contributed by atoms with Crippen molar-refractivity contribution in [3.05, 3.63) is 48.4 Å². The van der Waals surface area contributed by atoms with Crippen LogP contribution in [-0.2, 0) is 6.54 Å². The molecule has 2 aromatic carbocycles. The molecule has 0 amide bonds. The fraction of sp³-hybridized carbons (Fsp3) is 0.364. The van der Waals surface area contributed by atoms with Crippen molar-refractivity contribution in [2.75, 3.05) is 52.4 Å². The molecule has 1 aliphatic rings. The second-order valence-electron chi connectivity index (χ2n) is 7.17. The summed E-state index contributed by atoms with van der Waals surface area (Å²) < 4.78 is 21.7. The van der Waals surface area contributed by atoms with E-state index in [-0.39, 0.29) is 0 Å². The molecule has 2 heterocycles. The summed E-state index contributed by atoms with van der Waals surface area (Å²) in [5.41, 5.74) is 1.98. The van der Waals surface area contributed by atoms with Gasteiger partial charge in [-0.1, -0.05) is 17.3 Å². The van der Waals surface area contributed by atoms with E-state index in [1.54, 1.807) is 21.3 Å². The van der Waals surface area contributed by atoms with Crippen LogP contribution in [0.25, 0.3) is 11.4 Å². The molecule has 1 aromatic heterocycles. The average Bonchev–Trinajstić information content (AvgIpc) is 3.27. The van der Waals surface area contributed by atoms with Gasteiger partial charge in [0.2, 0.25) is 5.82 Å². The Morgan fingerprint density at radius 2 is 1.67 bits per heavy atom. The second kappa shape index (κ2) is 9.04. The molecular formula is C22H27N4O4+. The van der Waals surface area contributed by atoms with Crippen LogP contribution in [0, 0.1) is 0 Å². The van der Waals surface area contributed by atoms with E-state index < -0.39 is 0 Å². The van der Waals surface area contributed by atoms with E-state index in [2.05, 4.69) is 21.1 Å². The summed E-state index contributed by atoms with van der Waals surface area (Å²) in [5, 5.41) is 4.15. The topological polar surface area (TPSA) is 74.3 Å². The Morgan fingerprint density at radius 1 is 0.933 bits per heavy atom. The van der Waals surface area contributed by atoms with Crippen molar-refractivity contribution in [1.29, 1.82) is 0 Å². The SMILES string of the molecule is COc1ccc(-c2noc(C[NH+]3CCN(c4ccccc4OC)CC3)n2)cc1OC. The average molecular weight is 411 g/mol. The third-order valence-corrected chi connectivity index (χ3v) is 5.41. The Bertz CT molecular complexity index is 983. The summed E-state index contributed by atoms with van der Waals surface area (Å²) in [4.78, 5) is 8.37. The van der Waals surface area contributed by atoms with Gasteiger partial charge >= 0.3 is 0 Å². The number of piperazine rings is 1. The van der Waals surface area contributed by atoms with Gasteiger partial charge in [0.1, 0.15) is 5.75 Å². The van der Waals surface area contributed by atoms with Gasteiger partial charge in [0, 0.05) is 5.56 Å². The number of aromatic nitrogens is 2.